The Morgan fingerprint density at radius 2 is 2.14 bits per heavy atom. The number of nitrogens with one attached hydrogen (secondary N) is 1. The number of hydrogen-bond donors (Lipinski definition) is 2. The zero-order chi connectivity index (χ0) is 16.2. The minimum absolute atomic E-state index is 0.189. The Hall–Kier alpha value is -2.11. The lowest BCUT2D eigenvalue weighted by atomic mass is 10.1. The van der Waals surface area contributed by atoms with Crippen molar-refractivity contribution in [2.45, 2.75) is 12.5 Å². The molecule has 22 heavy (non-hydrogen) atoms. The first-order valence-electron chi connectivity index (χ1n) is 7.17. The minimum Gasteiger partial charge on any atom is -0.457 e. The maximum absolute atomic E-state index is 11.8. The second-order valence-electron chi connectivity index (χ2n) is 5.97. The van der Waals surface area contributed by atoms with Crippen LogP contribution in [0, 0.1) is 0 Å². The van der Waals surface area contributed by atoms with Crippen LogP contribution in [0.1, 0.15) is 12.7 Å². The van der Waals surface area contributed by atoms with Gasteiger partial charge in [0.2, 0.25) is 5.91 Å². The van der Waals surface area contributed by atoms with Crippen molar-refractivity contribution in [2.24, 2.45) is 0 Å². The maximum atomic E-state index is 11.8. The first-order valence-corrected chi connectivity index (χ1v) is 7.17. The fourth-order valence-corrected chi connectivity index (χ4v) is 2.32. The molecule has 118 valence electrons. The molecule has 5 heteroatoms. The molecule has 0 spiro atoms. The first-order chi connectivity index (χ1) is 10.4. The van der Waals surface area contributed by atoms with Gasteiger partial charge in [-0.15, -0.1) is 0 Å². The fraction of sp³-hybridized carbons (Fsp3) is 0.353. The maximum Gasteiger partial charge on any atom is 0.244 e. The number of likely N-dealkylation sites (N-methyl/N-ethyl adjacent to an activating group) is 1. The molecule has 1 atom stereocenters. The van der Waals surface area contributed by atoms with E-state index in [0.29, 0.717) is 12.3 Å². The normalized spacial score (nSPS) is 14.6. The lowest BCUT2D eigenvalue weighted by Gasteiger charge is -2.26. The molecule has 0 fully saturated rings. The molecule has 1 aromatic carbocycles. The lowest BCUT2D eigenvalue weighted by Crippen LogP contribution is -2.46. The highest BCUT2D eigenvalue weighted by Crippen LogP contribution is 2.19. The Balaban J connectivity index is 1.91. The van der Waals surface area contributed by atoms with Crippen LogP contribution in [0.25, 0.3) is 17.0 Å². The average molecular weight is 302 g/mol. The van der Waals surface area contributed by atoms with Gasteiger partial charge < -0.3 is 19.7 Å². The third-order valence-electron chi connectivity index (χ3n) is 3.14. The monoisotopic (exact) mass is 302 g/mol. The molecular weight excluding hydrogens is 280 g/mol. The van der Waals surface area contributed by atoms with Crippen LogP contribution in [0.4, 0.5) is 0 Å². The van der Waals surface area contributed by atoms with E-state index in [4.69, 9.17) is 4.42 Å². The Labute approximate surface area is 130 Å². The van der Waals surface area contributed by atoms with Crippen molar-refractivity contribution >= 4 is 23.0 Å². The number of fused-ring (bicyclic) bond motifs is 1. The van der Waals surface area contributed by atoms with Gasteiger partial charge >= 0.3 is 0 Å². The molecule has 0 radical (unpaired) electrons. The highest BCUT2D eigenvalue weighted by atomic mass is 16.3. The van der Waals surface area contributed by atoms with Crippen molar-refractivity contribution in [1.82, 2.24) is 10.2 Å². The van der Waals surface area contributed by atoms with Gasteiger partial charge in [0.15, 0.2) is 0 Å². The van der Waals surface area contributed by atoms with Crippen molar-refractivity contribution in [1.29, 1.82) is 0 Å². The summed E-state index contributed by atoms with van der Waals surface area (Å²) in [4.78, 5) is 13.7. The highest BCUT2D eigenvalue weighted by Gasteiger charge is 2.21. The molecule has 0 aliphatic carbocycles. The molecule has 2 rings (SSSR count). The standard InChI is InChI=1S/C17H22N2O3/c1-17(21,12-19(2)3)11-18-16(20)9-8-14-10-13-6-4-5-7-15(13)22-14/h4-10,21H,11-12H2,1-3H3,(H,18,20)/b9-8+. The van der Waals surface area contributed by atoms with E-state index in [1.54, 1.807) is 13.0 Å². The summed E-state index contributed by atoms with van der Waals surface area (Å²) in [5, 5.41) is 13.8. The highest BCUT2D eigenvalue weighted by molar-refractivity contribution is 5.92. The number of rotatable bonds is 6. The van der Waals surface area contributed by atoms with Crippen LogP contribution in [0.2, 0.25) is 0 Å². The summed E-state index contributed by atoms with van der Waals surface area (Å²) in [6.07, 6.45) is 3.03. The Morgan fingerprint density at radius 3 is 2.82 bits per heavy atom. The number of benzene rings is 1. The van der Waals surface area contributed by atoms with Crippen LogP contribution >= 0.6 is 0 Å². The molecule has 2 N–H and O–H groups in total. The summed E-state index contributed by atoms with van der Waals surface area (Å²) in [6.45, 7) is 2.35. The van der Waals surface area contributed by atoms with Crippen molar-refractivity contribution in [3.8, 4) is 0 Å². The summed E-state index contributed by atoms with van der Waals surface area (Å²) in [5.74, 6) is 0.357. The van der Waals surface area contributed by atoms with Gasteiger partial charge in [-0.3, -0.25) is 4.79 Å². The van der Waals surface area contributed by atoms with Gasteiger partial charge in [0, 0.05) is 24.6 Å². The van der Waals surface area contributed by atoms with E-state index >= 15 is 0 Å². The topological polar surface area (TPSA) is 65.7 Å². The Morgan fingerprint density at radius 1 is 1.41 bits per heavy atom. The van der Waals surface area contributed by atoms with Crippen LogP contribution in [-0.2, 0) is 4.79 Å². The molecule has 0 bridgehead atoms. The summed E-state index contributed by atoms with van der Waals surface area (Å²) in [6, 6.07) is 9.55. The van der Waals surface area contributed by atoms with Crippen molar-refractivity contribution in [3.63, 3.8) is 0 Å². The molecule has 5 nitrogen and oxygen atoms in total. The second-order valence-corrected chi connectivity index (χ2v) is 5.97. The smallest absolute Gasteiger partial charge is 0.244 e. The van der Waals surface area contributed by atoms with Crippen molar-refractivity contribution < 1.29 is 14.3 Å². The summed E-state index contributed by atoms with van der Waals surface area (Å²) in [5.41, 5.74) is -0.178. The molecule has 1 aromatic heterocycles. The predicted octanol–water partition coefficient (Wildman–Crippen LogP) is 1.87. The zero-order valence-electron chi connectivity index (χ0n) is 13.2. The van der Waals surface area contributed by atoms with Gasteiger partial charge in [0.05, 0.1) is 5.60 Å². The van der Waals surface area contributed by atoms with Crippen LogP contribution in [0.3, 0.4) is 0 Å². The average Bonchev–Trinajstić information content (AvgIpc) is 2.84. The van der Waals surface area contributed by atoms with E-state index in [1.165, 1.54) is 6.08 Å². The van der Waals surface area contributed by atoms with Gasteiger partial charge in [0.1, 0.15) is 11.3 Å². The van der Waals surface area contributed by atoms with Crippen molar-refractivity contribution in [2.75, 3.05) is 27.2 Å². The third kappa shape index (κ3) is 4.72. The number of carbonyl (C=O) groups excluding carboxylic acids is 1. The van der Waals surface area contributed by atoms with Crippen LogP contribution in [0.15, 0.2) is 40.8 Å². The van der Waals surface area contributed by atoms with Gasteiger partial charge in [0.25, 0.3) is 0 Å². The van der Waals surface area contributed by atoms with E-state index in [0.717, 1.165) is 11.0 Å². The Bertz CT molecular complexity index is 638. The molecular formula is C17H22N2O3. The fourth-order valence-electron chi connectivity index (χ4n) is 2.32. The summed E-state index contributed by atoms with van der Waals surface area (Å²) >= 11 is 0. The number of aliphatic hydroxyl groups is 1. The lowest BCUT2D eigenvalue weighted by molar-refractivity contribution is -0.117. The van der Waals surface area contributed by atoms with E-state index in [-0.39, 0.29) is 12.5 Å². The van der Waals surface area contributed by atoms with Crippen LogP contribution < -0.4 is 5.32 Å². The number of furan rings is 1. The van der Waals surface area contributed by atoms with Crippen LogP contribution in [0.5, 0.6) is 0 Å². The largest absolute Gasteiger partial charge is 0.457 e. The van der Waals surface area contributed by atoms with Gasteiger partial charge in [-0.05, 0) is 39.2 Å². The summed E-state index contributed by atoms with van der Waals surface area (Å²) < 4.78 is 5.59. The molecule has 0 aliphatic heterocycles. The zero-order valence-corrected chi connectivity index (χ0v) is 13.2. The van der Waals surface area contributed by atoms with E-state index < -0.39 is 5.60 Å². The van der Waals surface area contributed by atoms with Crippen LogP contribution in [-0.4, -0.2) is 48.7 Å². The SMILES string of the molecule is CN(C)CC(C)(O)CNC(=O)/C=C/c1cc2ccccc2o1. The number of hydrogen-bond acceptors (Lipinski definition) is 4. The molecule has 1 heterocycles. The molecule has 1 unspecified atom stereocenters. The summed E-state index contributed by atoms with van der Waals surface area (Å²) in [7, 11) is 3.75. The first kappa shape index (κ1) is 16.3. The molecule has 0 saturated heterocycles. The molecule has 0 saturated carbocycles. The van der Waals surface area contributed by atoms with Gasteiger partial charge in [-0.1, -0.05) is 18.2 Å². The number of para-hydroxylation sites is 1. The number of amides is 1. The van der Waals surface area contributed by atoms with Crippen molar-refractivity contribution in [3.05, 3.63) is 42.2 Å². The van der Waals surface area contributed by atoms with E-state index in [2.05, 4.69) is 5.32 Å². The predicted molar refractivity (Wildman–Crippen MR) is 87.4 cm³/mol. The van der Waals surface area contributed by atoms with E-state index in [9.17, 15) is 9.90 Å². The van der Waals surface area contributed by atoms with E-state index in [1.807, 2.05) is 49.3 Å². The minimum atomic E-state index is -0.966. The molecule has 2 aromatic rings. The van der Waals surface area contributed by atoms with Gasteiger partial charge in [-0.2, -0.15) is 0 Å². The second kappa shape index (κ2) is 6.77. The van der Waals surface area contributed by atoms with Gasteiger partial charge in [-0.25, -0.2) is 0 Å². The number of nitrogens with zero attached hydrogens (tertiary/aromatic N) is 1. The molecule has 0 aliphatic rings. The number of carbonyl (C=O) groups is 1. The Kier molecular flexibility index (Phi) is 5.00. The molecule has 1 amide bonds. The quantitative estimate of drug-likeness (QED) is 0.800. The third-order valence-corrected chi connectivity index (χ3v) is 3.14.